The van der Waals surface area contributed by atoms with E-state index in [9.17, 15) is 4.79 Å². The summed E-state index contributed by atoms with van der Waals surface area (Å²) in [4.78, 5) is 16.3. The number of hydrogen-bond donors (Lipinski definition) is 2. The van der Waals surface area contributed by atoms with Gasteiger partial charge in [-0.1, -0.05) is 42.0 Å². The number of methoxy groups -OCH3 is 1. The molecule has 3 rings (SSSR count). The summed E-state index contributed by atoms with van der Waals surface area (Å²) in [6.07, 6.45) is 1.69. The molecule has 0 atom stereocenters. The Morgan fingerprint density at radius 2 is 1.86 bits per heavy atom. The van der Waals surface area contributed by atoms with Gasteiger partial charge in [0.25, 0.3) is 5.91 Å². The van der Waals surface area contributed by atoms with E-state index in [-0.39, 0.29) is 12.5 Å². The Balaban J connectivity index is 1.48. The van der Waals surface area contributed by atoms with Gasteiger partial charge in [-0.15, -0.1) is 0 Å². The van der Waals surface area contributed by atoms with Gasteiger partial charge >= 0.3 is 0 Å². The molecule has 2 aromatic carbocycles. The molecule has 3 aromatic rings. The van der Waals surface area contributed by atoms with E-state index in [4.69, 9.17) is 9.47 Å². The van der Waals surface area contributed by atoms with Gasteiger partial charge in [0.15, 0.2) is 18.1 Å². The Hall–Kier alpha value is -3.54. The second kappa shape index (κ2) is 9.41. The summed E-state index contributed by atoms with van der Waals surface area (Å²) in [5, 5.41) is 6.03. The van der Waals surface area contributed by atoms with Crippen LogP contribution in [0, 0.1) is 6.92 Å². The van der Waals surface area contributed by atoms with Crippen molar-refractivity contribution in [3.8, 4) is 11.5 Å². The summed E-state index contributed by atoms with van der Waals surface area (Å²) in [5.41, 5.74) is 3.31. The van der Waals surface area contributed by atoms with E-state index in [1.54, 1.807) is 31.5 Å². The monoisotopic (exact) mass is 377 g/mol. The molecule has 0 aliphatic heterocycles. The van der Waals surface area contributed by atoms with Crippen LogP contribution in [-0.2, 0) is 11.3 Å². The van der Waals surface area contributed by atoms with Crippen molar-refractivity contribution in [2.75, 3.05) is 24.4 Å². The quantitative estimate of drug-likeness (QED) is 0.620. The van der Waals surface area contributed by atoms with Crippen molar-refractivity contribution in [3.05, 3.63) is 78.0 Å². The minimum atomic E-state index is -0.293. The molecule has 0 radical (unpaired) electrons. The molecule has 0 bridgehead atoms. The lowest BCUT2D eigenvalue weighted by Gasteiger charge is -2.11. The summed E-state index contributed by atoms with van der Waals surface area (Å²) < 4.78 is 10.7. The van der Waals surface area contributed by atoms with Gasteiger partial charge in [-0.05, 0) is 36.8 Å². The van der Waals surface area contributed by atoms with Crippen LogP contribution in [-0.4, -0.2) is 24.6 Å². The average Bonchev–Trinajstić information content (AvgIpc) is 2.72. The maximum absolute atomic E-state index is 12.1. The van der Waals surface area contributed by atoms with Gasteiger partial charge in [-0.25, -0.2) is 4.98 Å². The predicted octanol–water partition coefficient (Wildman–Crippen LogP) is 4.03. The Morgan fingerprint density at radius 3 is 2.57 bits per heavy atom. The highest BCUT2D eigenvalue weighted by Crippen LogP contribution is 2.25. The van der Waals surface area contributed by atoms with Crippen LogP contribution in [0.15, 0.2) is 66.9 Å². The van der Waals surface area contributed by atoms with Crippen LogP contribution >= 0.6 is 0 Å². The fourth-order valence-corrected chi connectivity index (χ4v) is 2.66. The van der Waals surface area contributed by atoms with E-state index in [1.165, 1.54) is 11.1 Å². The molecule has 0 saturated heterocycles. The molecule has 0 saturated carbocycles. The molecule has 0 fully saturated rings. The molecular weight excluding hydrogens is 354 g/mol. The number of aryl methyl sites for hydroxylation is 1. The number of hydrogen-bond acceptors (Lipinski definition) is 5. The second-order valence-corrected chi connectivity index (χ2v) is 6.26. The molecule has 1 heterocycles. The molecule has 1 aromatic heterocycles. The van der Waals surface area contributed by atoms with Gasteiger partial charge in [0.05, 0.1) is 19.0 Å². The van der Waals surface area contributed by atoms with Gasteiger partial charge in [0.1, 0.15) is 5.82 Å². The number of anilines is 2. The Labute approximate surface area is 164 Å². The van der Waals surface area contributed by atoms with Crippen molar-refractivity contribution in [2.45, 2.75) is 13.5 Å². The predicted molar refractivity (Wildman–Crippen MR) is 110 cm³/mol. The molecule has 2 N–H and O–H groups in total. The van der Waals surface area contributed by atoms with Gasteiger partial charge in [0.2, 0.25) is 0 Å². The zero-order valence-electron chi connectivity index (χ0n) is 15.9. The average molecular weight is 377 g/mol. The molecule has 0 unspecified atom stereocenters. The maximum atomic E-state index is 12.1. The van der Waals surface area contributed by atoms with Crippen molar-refractivity contribution in [1.82, 2.24) is 4.98 Å². The molecule has 0 spiro atoms. The van der Waals surface area contributed by atoms with Gasteiger partial charge < -0.3 is 20.1 Å². The Morgan fingerprint density at radius 1 is 1.04 bits per heavy atom. The molecule has 6 heteroatoms. The van der Waals surface area contributed by atoms with Crippen LogP contribution < -0.4 is 20.1 Å². The molecule has 6 nitrogen and oxygen atoms in total. The summed E-state index contributed by atoms with van der Waals surface area (Å²) in [5.74, 6) is 1.27. The lowest BCUT2D eigenvalue weighted by molar-refractivity contribution is -0.118. The summed E-state index contributed by atoms with van der Waals surface area (Å²) in [6.45, 7) is 2.65. The fourth-order valence-electron chi connectivity index (χ4n) is 2.66. The molecular formula is C22H23N3O3. The number of rotatable bonds is 8. The molecule has 0 aliphatic rings. The van der Waals surface area contributed by atoms with Crippen LogP contribution in [0.4, 0.5) is 11.5 Å². The first-order chi connectivity index (χ1) is 13.6. The van der Waals surface area contributed by atoms with Gasteiger partial charge in [-0.2, -0.15) is 0 Å². The van der Waals surface area contributed by atoms with E-state index < -0.39 is 0 Å². The van der Waals surface area contributed by atoms with Crippen LogP contribution in [0.5, 0.6) is 11.5 Å². The highest BCUT2D eigenvalue weighted by Gasteiger charge is 2.08. The molecule has 28 heavy (non-hydrogen) atoms. The molecule has 144 valence electrons. The number of benzene rings is 2. The van der Waals surface area contributed by atoms with E-state index in [0.717, 1.165) is 5.69 Å². The lowest BCUT2D eigenvalue weighted by Crippen LogP contribution is -2.20. The Kier molecular flexibility index (Phi) is 6.46. The van der Waals surface area contributed by atoms with Gasteiger partial charge in [0, 0.05) is 6.54 Å². The van der Waals surface area contributed by atoms with Crippen molar-refractivity contribution < 1.29 is 14.3 Å². The highest BCUT2D eigenvalue weighted by atomic mass is 16.5. The zero-order chi connectivity index (χ0) is 19.8. The van der Waals surface area contributed by atoms with Crippen molar-refractivity contribution >= 4 is 17.4 Å². The molecule has 1 amide bonds. The number of aromatic nitrogens is 1. The van der Waals surface area contributed by atoms with Crippen molar-refractivity contribution in [2.24, 2.45) is 0 Å². The smallest absolute Gasteiger partial charge is 0.263 e. The van der Waals surface area contributed by atoms with E-state index >= 15 is 0 Å². The number of ether oxygens (including phenoxy) is 2. The lowest BCUT2D eigenvalue weighted by atomic mass is 10.1. The van der Waals surface area contributed by atoms with Gasteiger partial charge in [-0.3, -0.25) is 4.79 Å². The third-order valence-electron chi connectivity index (χ3n) is 4.04. The van der Waals surface area contributed by atoms with E-state index in [2.05, 4.69) is 40.7 Å². The second-order valence-electron chi connectivity index (χ2n) is 6.26. The number of amides is 1. The number of carbonyl (C=O) groups excluding carboxylic acids is 1. The van der Waals surface area contributed by atoms with Crippen molar-refractivity contribution in [1.29, 1.82) is 0 Å². The minimum Gasteiger partial charge on any atom is -0.493 e. The van der Waals surface area contributed by atoms with Crippen LogP contribution in [0.2, 0.25) is 0 Å². The third kappa shape index (κ3) is 5.48. The first-order valence-corrected chi connectivity index (χ1v) is 8.95. The Bertz CT molecular complexity index is 926. The third-order valence-corrected chi connectivity index (χ3v) is 4.04. The maximum Gasteiger partial charge on any atom is 0.263 e. The molecule has 0 aliphatic carbocycles. The number of carbonyl (C=O) groups is 1. The fraction of sp³-hybridized carbons (Fsp3) is 0.182. The van der Waals surface area contributed by atoms with Crippen LogP contribution in [0.25, 0.3) is 0 Å². The minimum absolute atomic E-state index is 0.130. The SMILES string of the molecule is COc1ccccc1OCC(=O)Nc1ccc(NCc2cccc(C)c2)cn1. The first kappa shape index (κ1) is 19.2. The summed E-state index contributed by atoms with van der Waals surface area (Å²) in [6, 6.07) is 19.1. The van der Waals surface area contributed by atoms with Crippen molar-refractivity contribution in [3.63, 3.8) is 0 Å². The zero-order valence-corrected chi connectivity index (χ0v) is 15.9. The number of para-hydroxylation sites is 2. The summed E-state index contributed by atoms with van der Waals surface area (Å²) in [7, 11) is 1.56. The topological polar surface area (TPSA) is 72.5 Å². The number of nitrogens with one attached hydrogen (secondary N) is 2. The van der Waals surface area contributed by atoms with Crippen LogP contribution in [0.1, 0.15) is 11.1 Å². The number of nitrogens with zero attached hydrogens (tertiary/aromatic N) is 1. The number of pyridine rings is 1. The largest absolute Gasteiger partial charge is 0.493 e. The first-order valence-electron chi connectivity index (χ1n) is 8.95. The summed E-state index contributed by atoms with van der Waals surface area (Å²) >= 11 is 0. The van der Waals surface area contributed by atoms with Crippen LogP contribution in [0.3, 0.4) is 0 Å². The van der Waals surface area contributed by atoms with E-state index in [1.807, 2.05) is 24.3 Å². The highest BCUT2D eigenvalue weighted by molar-refractivity contribution is 5.91. The van der Waals surface area contributed by atoms with E-state index in [0.29, 0.717) is 23.9 Å². The standard InChI is InChI=1S/C22H23N3O3/c1-16-6-5-7-17(12-16)13-23-18-10-11-21(24-14-18)25-22(26)15-28-20-9-4-3-8-19(20)27-2/h3-12,14,23H,13,15H2,1-2H3,(H,24,25,26). The normalized spacial score (nSPS) is 10.2.